The van der Waals surface area contributed by atoms with Gasteiger partial charge in [0.2, 0.25) is 0 Å². The van der Waals surface area contributed by atoms with E-state index in [4.69, 9.17) is 10.5 Å². The molecule has 0 radical (unpaired) electrons. The van der Waals surface area contributed by atoms with E-state index >= 15 is 0 Å². The van der Waals surface area contributed by atoms with Crippen LogP contribution in [0.2, 0.25) is 0 Å². The van der Waals surface area contributed by atoms with E-state index in [1.807, 2.05) is 6.92 Å². The number of ether oxygens (including phenoxy) is 1. The molecule has 1 aliphatic rings. The molecular weight excluding hydrogens is 243 g/mol. The second-order valence-electron chi connectivity index (χ2n) is 5.55. The zero-order chi connectivity index (χ0) is 13.9. The highest BCUT2D eigenvalue weighted by Crippen LogP contribution is 2.35. The lowest BCUT2D eigenvalue weighted by Crippen LogP contribution is -2.37. The fourth-order valence-corrected chi connectivity index (χ4v) is 2.73. The maximum Gasteiger partial charge on any atom is 0.167 e. The number of nitrogens with two attached hydrogens (primary N) is 1. The minimum Gasteiger partial charge on any atom is -0.491 e. The van der Waals surface area contributed by atoms with Crippen molar-refractivity contribution in [1.82, 2.24) is 0 Å². The van der Waals surface area contributed by atoms with E-state index in [1.54, 1.807) is 6.07 Å². The Morgan fingerprint density at radius 1 is 1.32 bits per heavy atom. The molecule has 1 saturated carbocycles. The van der Waals surface area contributed by atoms with Gasteiger partial charge < -0.3 is 15.8 Å². The van der Waals surface area contributed by atoms with E-state index < -0.39 is 5.82 Å². The lowest BCUT2D eigenvalue weighted by Gasteiger charge is -2.36. The standard InChI is InChI=1S/C15H23FN2O/c1-3-19-14-10-13(12(17)9-11(14)16)18-15(2)7-5-4-6-8-15/h9-10,18H,3-8,17H2,1-2H3. The summed E-state index contributed by atoms with van der Waals surface area (Å²) in [5.41, 5.74) is 7.16. The van der Waals surface area contributed by atoms with E-state index in [0.717, 1.165) is 18.5 Å². The van der Waals surface area contributed by atoms with Crippen molar-refractivity contribution in [2.24, 2.45) is 0 Å². The van der Waals surface area contributed by atoms with Gasteiger partial charge in [-0.15, -0.1) is 0 Å². The zero-order valence-corrected chi connectivity index (χ0v) is 11.8. The van der Waals surface area contributed by atoms with Gasteiger partial charge in [-0.1, -0.05) is 19.3 Å². The minimum atomic E-state index is -0.404. The molecule has 0 unspecified atom stereocenters. The molecule has 0 aliphatic heterocycles. The van der Waals surface area contributed by atoms with E-state index in [-0.39, 0.29) is 11.3 Å². The van der Waals surface area contributed by atoms with Gasteiger partial charge in [0.25, 0.3) is 0 Å². The van der Waals surface area contributed by atoms with Crippen LogP contribution in [0.15, 0.2) is 12.1 Å². The first-order chi connectivity index (χ1) is 9.04. The molecule has 1 fully saturated rings. The molecule has 2 rings (SSSR count). The second kappa shape index (κ2) is 5.68. The van der Waals surface area contributed by atoms with Crippen molar-refractivity contribution in [3.63, 3.8) is 0 Å². The average molecular weight is 266 g/mol. The highest BCUT2D eigenvalue weighted by Gasteiger charge is 2.27. The summed E-state index contributed by atoms with van der Waals surface area (Å²) in [5, 5.41) is 3.48. The monoisotopic (exact) mass is 266 g/mol. The molecule has 106 valence electrons. The third-order valence-corrected chi connectivity index (χ3v) is 3.80. The van der Waals surface area contributed by atoms with Crippen LogP contribution in [0.25, 0.3) is 0 Å². The van der Waals surface area contributed by atoms with Gasteiger partial charge in [-0.3, -0.25) is 0 Å². The minimum absolute atomic E-state index is 0.0493. The summed E-state index contributed by atoms with van der Waals surface area (Å²) < 4.78 is 18.9. The van der Waals surface area contributed by atoms with Gasteiger partial charge in [-0.25, -0.2) is 4.39 Å². The Bertz CT molecular complexity index is 442. The van der Waals surface area contributed by atoms with Crippen molar-refractivity contribution < 1.29 is 9.13 Å². The fourth-order valence-electron chi connectivity index (χ4n) is 2.73. The lowest BCUT2D eigenvalue weighted by molar-refractivity contribution is 0.321. The molecule has 3 N–H and O–H groups in total. The third kappa shape index (κ3) is 3.31. The van der Waals surface area contributed by atoms with Crippen molar-refractivity contribution in [3.8, 4) is 5.75 Å². The van der Waals surface area contributed by atoms with E-state index in [2.05, 4.69) is 12.2 Å². The largest absolute Gasteiger partial charge is 0.491 e. The number of anilines is 2. The summed E-state index contributed by atoms with van der Waals surface area (Å²) in [4.78, 5) is 0. The van der Waals surface area contributed by atoms with Crippen molar-refractivity contribution in [2.45, 2.75) is 51.5 Å². The SMILES string of the molecule is CCOc1cc(NC2(C)CCCCC2)c(N)cc1F. The molecule has 3 nitrogen and oxygen atoms in total. The Balaban J connectivity index is 2.21. The van der Waals surface area contributed by atoms with E-state index in [9.17, 15) is 4.39 Å². The van der Waals surface area contributed by atoms with Crippen LogP contribution in [-0.2, 0) is 0 Å². The smallest absolute Gasteiger partial charge is 0.167 e. The molecule has 1 aromatic rings. The van der Waals surface area contributed by atoms with Crippen LogP contribution in [0, 0.1) is 5.82 Å². The van der Waals surface area contributed by atoms with Crippen LogP contribution in [0.4, 0.5) is 15.8 Å². The molecule has 0 saturated heterocycles. The molecule has 1 aromatic carbocycles. The first-order valence-electron chi connectivity index (χ1n) is 7.04. The Labute approximate surface area is 114 Å². The molecule has 4 heteroatoms. The topological polar surface area (TPSA) is 47.3 Å². The van der Waals surface area contributed by atoms with Gasteiger partial charge in [-0.2, -0.15) is 0 Å². The van der Waals surface area contributed by atoms with Crippen molar-refractivity contribution in [3.05, 3.63) is 17.9 Å². The highest BCUT2D eigenvalue weighted by atomic mass is 19.1. The summed E-state index contributed by atoms with van der Waals surface area (Å²) in [6.07, 6.45) is 5.98. The predicted molar refractivity (Wildman–Crippen MR) is 77.1 cm³/mol. The summed E-state index contributed by atoms with van der Waals surface area (Å²) in [5.74, 6) is -0.141. The Kier molecular flexibility index (Phi) is 4.17. The normalized spacial score (nSPS) is 18.1. The quantitative estimate of drug-likeness (QED) is 0.811. The van der Waals surface area contributed by atoms with E-state index in [1.165, 1.54) is 25.3 Å². The average Bonchev–Trinajstić information content (AvgIpc) is 2.36. The maximum atomic E-state index is 13.7. The van der Waals surface area contributed by atoms with Crippen LogP contribution in [0.5, 0.6) is 5.75 Å². The molecule has 19 heavy (non-hydrogen) atoms. The highest BCUT2D eigenvalue weighted by molar-refractivity contribution is 5.69. The molecule has 0 bridgehead atoms. The first kappa shape index (κ1) is 14.0. The summed E-state index contributed by atoms with van der Waals surface area (Å²) in [6.45, 7) is 4.48. The molecule has 0 heterocycles. The maximum absolute atomic E-state index is 13.7. The summed E-state index contributed by atoms with van der Waals surface area (Å²) >= 11 is 0. The number of rotatable bonds is 4. The zero-order valence-electron chi connectivity index (χ0n) is 11.8. The number of nitrogens with one attached hydrogen (secondary N) is 1. The molecule has 0 atom stereocenters. The Morgan fingerprint density at radius 3 is 2.63 bits per heavy atom. The van der Waals surface area contributed by atoms with Crippen LogP contribution in [0.1, 0.15) is 46.0 Å². The van der Waals surface area contributed by atoms with Gasteiger partial charge in [0.1, 0.15) is 0 Å². The Morgan fingerprint density at radius 2 is 2.00 bits per heavy atom. The molecule has 0 spiro atoms. The van der Waals surface area contributed by atoms with Crippen LogP contribution in [-0.4, -0.2) is 12.1 Å². The first-order valence-corrected chi connectivity index (χ1v) is 7.04. The van der Waals surface area contributed by atoms with Crippen molar-refractivity contribution in [2.75, 3.05) is 17.7 Å². The van der Waals surface area contributed by atoms with Gasteiger partial charge in [-0.05, 0) is 26.7 Å². The van der Waals surface area contributed by atoms with Gasteiger partial charge in [0.05, 0.1) is 18.0 Å². The number of hydrogen-bond acceptors (Lipinski definition) is 3. The van der Waals surface area contributed by atoms with E-state index in [0.29, 0.717) is 12.3 Å². The molecule has 1 aliphatic carbocycles. The van der Waals surface area contributed by atoms with Crippen molar-refractivity contribution in [1.29, 1.82) is 0 Å². The van der Waals surface area contributed by atoms with Crippen LogP contribution in [0.3, 0.4) is 0 Å². The number of nitrogen functional groups attached to an aromatic ring is 1. The third-order valence-electron chi connectivity index (χ3n) is 3.80. The lowest BCUT2D eigenvalue weighted by atomic mass is 9.83. The van der Waals surface area contributed by atoms with Crippen molar-refractivity contribution >= 4 is 11.4 Å². The number of benzene rings is 1. The predicted octanol–water partition coefficient (Wildman–Crippen LogP) is 3.94. The number of hydrogen-bond donors (Lipinski definition) is 2. The molecular formula is C15H23FN2O. The second-order valence-corrected chi connectivity index (χ2v) is 5.55. The van der Waals surface area contributed by atoms with Gasteiger partial charge >= 0.3 is 0 Å². The Hall–Kier alpha value is -1.45. The summed E-state index contributed by atoms with van der Waals surface area (Å²) in [7, 11) is 0. The molecule has 0 aromatic heterocycles. The number of halogens is 1. The van der Waals surface area contributed by atoms with Gasteiger partial charge in [0.15, 0.2) is 11.6 Å². The summed E-state index contributed by atoms with van der Waals surface area (Å²) in [6, 6.07) is 3.01. The van der Waals surface area contributed by atoms with Crippen LogP contribution >= 0.6 is 0 Å². The van der Waals surface area contributed by atoms with Gasteiger partial charge in [0, 0.05) is 17.7 Å². The fraction of sp³-hybridized carbons (Fsp3) is 0.600. The van der Waals surface area contributed by atoms with Crippen LogP contribution < -0.4 is 15.8 Å². The molecule has 0 amide bonds.